The fourth-order valence-electron chi connectivity index (χ4n) is 3.53. The van der Waals surface area contributed by atoms with E-state index in [0.29, 0.717) is 5.92 Å². The van der Waals surface area contributed by atoms with Crippen molar-refractivity contribution in [1.82, 2.24) is 10.2 Å². The summed E-state index contributed by atoms with van der Waals surface area (Å²) in [5, 5.41) is 12.7. The molecule has 2 fully saturated rings. The third kappa shape index (κ3) is 3.67. The number of ether oxygens (including phenoxy) is 1. The smallest absolute Gasteiger partial charge is 0.0546 e. The zero-order chi connectivity index (χ0) is 13.0. The summed E-state index contributed by atoms with van der Waals surface area (Å²) in [6.45, 7) is 5.04. The minimum atomic E-state index is -0.0346. The largest absolute Gasteiger partial charge is 0.393 e. The Balaban J connectivity index is 1.79. The van der Waals surface area contributed by atoms with Gasteiger partial charge in [-0.2, -0.15) is 0 Å². The van der Waals surface area contributed by atoms with Gasteiger partial charge >= 0.3 is 0 Å². The van der Waals surface area contributed by atoms with E-state index in [1.54, 1.807) is 0 Å². The summed E-state index contributed by atoms with van der Waals surface area (Å²) in [7, 11) is 4.23. The Kier molecular flexibility index (Phi) is 5.01. The Hall–Kier alpha value is -0.160. The van der Waals surface area contributed by atoms with E-state index in [9.17, 15) is 5.11 Å². The summed E-state index contributed by atoms with van der Waals surface area (Å²) < 4.78 is 5.69. The van der Waals surface area contributed by atoms with E-state index in [0.717, 1.165) is 45.7 Å². The molecule has 0 aromatic heterocycles. The van der Waals surface area contributed by atoms with Gasteiger partial charge in [-0.25, -0.2) is 0 Å². The molecule has 18 heavy (non-hydrogen) atoms. The molecule has 0 aromatic carbocycles. The van der Waals surface area contributed by atoms with Crippen LogP contribution < -0.4 is 5.32 Å². The van der Waals surface area contributed by atoms with Gasteiger partial charge in [-0.15, -0.1) is 0 Å². The SMILES string of the molecule is CNCC1(CN(C)CC2CC(O)C2)CCCOC1. The predicted octanol–water partition coefficient (Wildman–Crippen LogP) is 0.705. The number of nitrogens with zero attached hydrogens (tertiary/aromatic N) is 1. The van der Waals surface area contributed by atoms with Gasteiger partial charge in [-0.1, -0.05) is 0 Å². The van der Waals surface area contributed by atoms with Gasteiger partial charge in [0.25, 0.3) is 0 Å². The molecule has 0 aromatic rings. The third-order valence-electron chi connectivity index (χ3n) is 4.34. The van der Waals surface area contributed by atoms with Gasteiger partial charge in [-0.05, 0) is 45.7 Å². The van der Waals surface area contributed by atoms with E-state index in [-0.39, 0.29) is 11.5 Å². The molecule has 0 amide bonds. The molecule has 2 aliphatic rings. The van der Waals surface area contributed by atoms with Crippen LogP contribution in [0.5, 0.6) is 0 Å². The van der Waals surface area contributed by atoms with E-state index >= 15 is 0 Å². The van der Waals surface area contributed by atoms with Gasteiger partial charge < -0.3 is 20.1 Å². The lowest BCUT2D eigenvalue weighted by Gasteiger charge is -2.42. The summed E-state index contributed by atoms with van der Waals surface area (Å²) >= 11 is 0. The molecule has 0 radical (unpaired) electrons. The van der Waals surface area contributed by atoms with Crippen LogP contribution in [0.25, 0.3) is 0 Å². The normalized spacial score (nSPS) is 36.7. The molecule has 1 saturated carbocycles. The van der Waals surface area contributed by atoms with Crippen LogP contribution in [-0.4, -0.2) is 63.1 Å². The van der Waals surface area contributed by atoms with Crippen LogP contribution in [0.1, 0.15) is 25.7 Å². The fourth-order valence-corrected chi connectivity index (χ4v) is 3.53. The zero-order valence-corrected chi connectivity index (χ0v) is 11.8. The Morgan fingerprint density at radius 1 is 1.44 bits per heavy atom. The Labute approximate surface area is 111 Å². The lowest BCUT2D eigenvalue weighted by atomic mass is 9.79. The maximum Gasteiger partial charge on any atom is 0.0546 e. The van der Waals surface area contributed by atoms with Crippen LogP contribution in [0.3, 0.4) is 0 Å². The molecule has 2 rings (SSSR count). The Morgan fingerprint density at radius 3 is 2.78 bits per heavy atom. The van der Waals surface area contributed by atoms with Crippen molar-refractivity contribution in [3.05, 3.63) is 0 Å². The highest BCUT2D eigenvalue weighted by atomic mass is 16.5. The number of aliphatic hydroxyl groups is 1. The first-order chi connectivity index (χ1) is 8.63. The summed E-state index contributed by atoms with van der Waals surface area (Å²) in [6, 6.07) is 0. The van der Waals surface area contributed by atoms with Crippen molar-refractivity contribution in [2.45, 2.75) is 31.8 Å². The van der Waals surface area contributed by atoms with E-state index in [1.165, 1.54) is 12.8 Å². The Morgan fingerprint density at radius 2 is 2.22 bits per heavy atom. The molecule has 1 aliphatic heterocycles. The summed E-state index contributed by atoms with van der Waals surface area (Å²) in [5.41, 5.74) is 0.282. The average molecular weight is 256 g/mol. The first-order valence-corrected chi connectivity index (χ1v) is 7.22. The number of hydrogen-bond donors (Lipinski definition) is 2. The van der Waals surface area contributed by atoms with Crippen molar-refractivity contribution in [3.63, 3.8) is 0 Å². The monoisotopic (exact) mass is 256 g/mol. The zero-order valence-electron chi connectivity index (χ0n) is 11.8. The quantitative estimate of drug-likeness (QED) is 0.734. The van der Waals surface area contributed by atoms with Crippen LogP contribution in [0.15, 0.2) is 0 Å². The van der Waals surface area contributed by atoms with Gasteiger partial charge in [0.1, 0.15) is 0 Å². The van der Waals surface area contributed by atoms with E-state index in [2.05, 4.69) is 17.3 Å². The summed E-state index contributed by atoms with van der Waals surface area (Å²) in [5.74, 6) is 0.696. The highest BCUT2D eigenvalue weighted by molar-refractivity contribution is 4.88. The maximum atomic E-state index is 9.34. The van der Waals surface area contributed by atoms with Crippen molar-refractivity contribution in [1.29, 1.82) is 0 Å². The summed E-state index contributed by atoms with van der Waals surface area (Å²) in [4.78, 5) is 2.43. The topological polar surface area (TPSA) is 44.7 Å². The maximum absolute atomic E-state index is 9.34. The van der Waals surface area contributed by atoms with Crippen molar-refractivity contribution in [2.24, 2.45) is 11.3 Å². The number of nitrogens with one attached hydrogen (secondary N) is 1. The van der Waals surface area contributed by atoms with E-state index in [4.69, 9.17) is 4.74 Å². The molecule has 0 spiro atoms. The van der Waals surface area contributed by atoms with E-state index < -0.39 is 0 Å². The molecule has 0 bridgehead atoms. The first kappa shape index (κ1) is 14.3. The van der Waals surface area contributed by atoms with Crippen LogP contribution in [0.4, 0.5) is 0 Å². The highest BCUT2D eigenvalue weighted by Crippen LogP contribution is 2.31. The second kappa shape index (κ2) is 6.33. The molecule has 4 nitrogen and oxygen atoms in total. The minimum Gasteiger partial charge on any atom is -0.393 e. The van der Waals surface area contributed by atoms with Crippen molar-refractivity contribution >= 4 is 0 Å². The lowest BCUT2D eigenvalue weighted by Crippen LogP contribution is -2.49. The first-order valence-electron chi connectivity index (χ1n) is 7.22. The van der Waals surface area contributed by atoms with Crippen LogP contribution in [0, 0.1) is 11.3 Å². The van der Waals surface area contributed by atoms with Crippen LogP contribution >= 0.6 is 0 Å². The fraction of sp³-hybridized carbons (Fsp3) is 1.00. The van der Waals surface area contributed by atoms with Crippen molar-refractivity contribution < 1.29 is 9.84 Å². The molecule has 1 unspecified atom stereocenters. The van der Waals surface area contributed by atoms with Gasteiger partial charge in [0.15, 0.2) is 0 Å². The average Bonchev–Trinajstić information content (AvgIpc) is 2.28. The van der Waals surface area contributed by atoms with E-state index in [1.807, 2.05) is 7.05 Å². The molecule has 1 atom stereocenters. The van der Waals surface area contributed by atoms with Crippen molar-refractivity contribution in [3.8, 4) is 0 Å². The number of hydrogen-bond acceptors (Lipinski definition) is 4. The molecule has 4 heteroatoms. The highest BCUT2D eigenvalue weighted by Gasteiger charge is 2.35. The minimum absolute atomic E-state index is 0.0346. The molecule has 1 aliphatic carbocycles. The molecule has 1 heterocycles. The molecule has 2 N–H and O–H groups in total. The van der Waals surface area contributed by atoms with Gasteiger partial charge in [0.2, 0.25) is 0 Å². The molecule has 1 saturated heterocycles. The second-order valence-electron chi connectivity index (χ2n) is 6.37. The third-order valence-corrected chi connectivity index (χ3v) is 4.34. The lowest BCUT2D eigenvalue weighted by molar-refractivity contribution is -0.0311. The Bertz CT molecular complexity index is 243. The van der Waals surface area contributed by atoms with Crippen LogP contribution in [0.2, 0.25) is 0 Å². The standard InChI is InChI=1S/C14H28N2O2/c1-15-9-14(4-3-5-18-11-14)10-16(2)8-12-6-13(17)7-12/h12-13,15,17H,3-11H2,1-2H3. The van der Waals surface area contributed by atoms with Gasteiger partial charge in [-0.3, -0.25) is 0 Å². The number of aliphatic hydroxyl groups excluding tert-OH is 1. The van der Waals surface area contributed by atoms with Gasteiger partial charge in [0, 0.05) is 31.7 Å². The molecular formula is C14H28N2O2. The summed E-state index contributed by atoms with van der Waals surface area (Å²) in [6.07, 6.45) is 4.37. The molecular weight excluding hydrogens is 228 g/mol. The van der Waals surface area contributed by atoms with Crippen molar-refractivity contribution in [2.75, 3.05) is 46.9 Å². The van der Waals surface area contributed by atoms with Gasteiger partial charge in [0.05, 0.1) is 12.7 Å². The number of rotatable bonds is 6. The van der Waals surface area contributed by atoms with Crippen LogP contribution in [-0.2, 0) is 4.74 Å². The molecule has 106 valence electrons. The predicted molar refractivity (Wildman–Crippen MR) is 72.6 cm³/mol. The second-order valence-corrected chi connectivity index (χ2v) is 6.37.